The monoisotopic (exact) mass is 396 g/mol. The van der Waals surface area contributed by atoms with Gasteiger partial charge in [-0.1, -0.05) is 33.1 Å². The zero-order chi connectivity index (χ0) is 20.7. The molecule has 1 aliphatic heterocycles. The SMILES string of the molecule is CC[C@H]1CN(CC(C)(C)O)[C@@H](CC)CN1CC(=O)NC(=O)NC1CCCCC1. The van der Waals surface area contributed by atoms with Crippen LogP contribution in [0.2, 0.25) is 0 Å². The molecular formula is C21H40N4O3. The molecule has 28 heavy (non-hydrogen) atoms. The molecule has 1 saturated carbocycles. The molecule has 1 saturated heterocycles. The van der Waals surface area contributed by atoms with Gasteiger partial charge < -0.3 is 10.4 Å². The molecule has 2 aliphatic rings. The van der Waals surface area contributed by atoms with Crippen LogP contribution < -0.4 is 10.6 Å². The van der Waals surface area contributed by atoms with Gasteiger partial charge in [0.25, 0.3) is 0 Å². The molecule has 3 amide bonds. The van der Waals surface area contributed by atoms with Gasteiger partial charge in [0.1, 0.15) is 0 Å². The zero-order valence-corrected chi connectivity index (χ0v) is 18.2. The van der Waals surface area contributed by atoms with Gasteiger partial charge in [-0.25, -0.2) is 4.79 Å². The van der Waals surface area contributed by atoms with Crippen LogP contribution in [0.1, 0.15) is 72.6 Å². The lowest BCUT2D eigenvalue weighted by Gasteiger charge is -2.47. The van der Waals surface area contributed by atoms with Gasteiger partial charge in [-0.05, 0) is 39.5 Å². The average molecular weight is 397 g/mol. The normalized spacial score (nSPS) is 25.5. The summed E-state index contributed by atoms with van der Waals surface area (Å²) in [5.41, 5.74) is -0.734. The molecule has 0 aromatic rings. The van der Waals surface area contributed by atoms with E-state index in [-0.39, 0.29) is 30.6 Å². The predicted molar refractivity (Wildman–Crippen MR) is 111 cm³/mol. The number of nitrogens with one attached hydrogen (secondary N) is 2. The molecule has 0 unspecified atom stereocenters. The molecule has 3 N–H and O–H groups in total. The third-order valence-electron chi connectivity index (χ3n) is 6.00. The maximum Gasteiger partial charge on any atom is 0.321 e. The van der Waals surface area contributed by atoms with Gasteiger partial charge in [0.05, 0.1) is 12.1 Å². The fraction of sp³-hybridized carbons (Fsp3) is 0.905. The number of imide groups is 1. The van der Waals surface area contributed by atoms with Crippen LogP contribution in [0.4, 0.5) is 4.79 Å². The van der Waals surface area contributed by atoms with Crippen molar-refractivity contribution in [2.75, 3.05) is 26.2 Å². The molecule has 162 valence electrons. The number of β-amino-alcohol motifs (C(OH)–C–C–N with tert-alkyl or cyclic N) is 1. The first kappa shape index (κ1) is 23.1. The van der Waals surface area contributed by atoms with Gasteiger partial charge in [-0.2, -0.15) is 0 Å². The number of hydrogen-bond donors (Lipinski definition) is 3. The highest BCUT2D eigenvalue weighted by molar-refractivity contribution is 5.95. The Morgan fingerprint density at radius 2 is 1.57 bits per heavy atom. The van der Waals surface area contributed by atoms with E-state index in [2.05, 4.69) is 34.3 Å². The van der Waals surface area contributed by atoms with Crippen molar-refractivity contribution in [3.63, 3.8) is 0 Å². The van der Waals surface area contributed by atoms with Gasteiger partial charge in [0.15, 0.2) is 0 Å². The molecule has 2 fully saturated rings. The number of urea groups is 1. The minimum Gasteiger partial charge on any atom is -0.389 e. The van der Waals surface area contributed by atoms with Crippen molar-refractivity contribution in [3.8, 4) is 0 Å². The first-order valence-corrected chi connectivity index (χ1v) is 11.0. The van der Waals surface area contributed by atoms with Gasteiger partial charge in [0.2, 0.25) is 5.91 Å². The average Bonchev–Trinajstić information content (AvgIpc) is 2.61. The second kappa shape index (κ2) is 10.6. The lowest BCUT2D eigenvalue weighted by Crippen LogP contribution is -2.61. The Labute approximate surface area is 170 Å². The van der Waals surface area contributed by atoms with E-state index in [0.29, 0.717) is 12.6 Å². The van der Waals surface area contributed by atoms with E-state index in [0.717, 1.165) is 51.6 Å². The van der Waals surface area contributed by atoms with Crippen molar-refractivity contribution >= 4 is 11.9 Å². The summed E-state index contributed by atoms with van der Waals surface area (Å²) in [6.07, 6.45) is 7.42. The Morgan fingerprint density at radius 1 is 1.00 bits per heavy atom. The summed E-state index contributed by atoms with van der Waals surface area (Å²) in [5, 5.41) is 15.7. The molecule has 0 radical (unpaired) electrons. The number of aliphatic hydroxyl groups is 1. The van der Waals surface area contributed by atoms with Gasteiger partial charge in [-0.15, -0.1) is 0 Å². The molecule has 0 aromatic carbocycles. The lowest BCUT2D eigenvalue weighted by atomic mass is 9.96. The number of carbonyl (C=O) groups is 2. The Kier molecular flexibility index (Phi) is 8.71. The summed E-state index contributed by atoms with van der Waals surface area (Å²) in [5.74, 6) is -0.238. The summed E-state index contributed by atoms with van der Waals surface area (Å²) < 4.78 is 0. The van der Waals surface area contributed by atoms with Crippen LogP contribution in [0.5, 0.6) is 0 Å². The first-order chi connectivity index (χ1) is 13.2. The highest BCUT2D eigenvalue weighted by atomic mass is 16.3. The summed E-state index contributed by atoms with van der Waals surface area (Å²) in [7, 11) is 0. The van der Waals surface area contributed by atoms with E-state index >= 15 is 0 Å². The van der Waals surface area contributed by atoms with Crippen LogP contribution in [0.3, 0.4) is 0 Å². The van der Waals surface area contributed by atoms with Gasteiger partial charge in [0, 0.05) is 37.8 Å². The minimum atomic E-state index is -0.734. The van der Waals surface area contributed by atoms with Gasteiger partial charge in [-0.3, -0.25) is 19.9 Å². The number of rotatable bonds is 7. The molecule has 1 heterocycles. The van der Waals surface area contributed by atoms with Crippen LogP contribution in [0.25, 0.3) is 0 Å². The van der Waals surface area contributed by atoms with Crippen molar-refractivity contribution in [1.29, 1.82) is 0 Å². The minimum absolute atomic E-state index is 0.194. The molecule has 7 heteroatoms. The summed E-state index contributed by atoms with van der Waals surface area (Å²) in [6.45, 7) is 10.4. The van der Waals surface area contributed by atoms with Crippen LogP contribution >= 0.6 is 0 Å². The molecule has 2 atom stereocenters. The van der Waals surface area contributed by atoms with Crippen LogP contribution in [0, 0.1) is 0 Å². The maximum atomic E-state index is 12.5. The van der Waals surface area contributed by atoms with Crippen molar-refractivity contribution in [3.05, 3.63) is 0 Å². The fourth-order valence-corrected chi connectivity index (χ4v) is 4.55. The largest absolute Gasteiger partial charge is 0.389 e. The lowest BCUT2D eigenvalue weighted by molar-refractivity contribution is -0.123. The quantitative estimate of drug-likeness (QED) is 0.614. The third-order valence-corrected chi connectivity index (χ3v) is 6.00. The van der Waals surface area contributed by atoms with E-state index < -0.39 is 5.60 Å². The number of amides is 3. The summed E-state index contributed by atoms with van der Waals surface area (Å²) >= 11 is 0. The van der Waals surface area contributed by atoms with Crippen molar-refractivity contribution in [2.45, 2.75) is 96.4 Å². The Balaban J connectivity index is 1.87. The highest BCUT2D eigenvalue weighted by Gasteiger charge is 2.35. The topological polar surface area (TPSA) is 84.9 Å². The number of hydrogen-bond acceptors (Lipinski definition) is 5. The molecule has 1 aliphatic carbocycles. The summed E-state index contributed by atoms with van der Waals surface area (Å²) in [4.78, 5) is 29.1. The van der Waals surface area contributed by atoms with Crippen LogP contribution in [-0.4, -0.2) is 76.8 Å². The molecular weight excluding hydrogens is 356 g/mol. The molecule has 0 aromatic heterocycles. The number of carbonyl (C=O) groups excluding carboxylic acids is 2. The van der Waals surface area contributed by atoms with Crippen LogP contribution in [0.15, 0.2) is 0 Å². The van der Waals surface area contributed by atoms with E-state index in [4.69, 9.17) is 0 Å². The second-order valence-corrected chi connectivity index (χ2v) is 9.15. The third kappa shape index (κ3) is 7.33. The maximum absolute atomic E-state index is 12.5. The smallest absolute Gasteiger partial charge is 0.321 e. The fourth-order valence-electron chi connectivity index (χ4n) is 4.55. The molecule has 2 rings (SSSR count). The Bertz CT molecular complexity index is 514. The molecule has 0 spiro atoms. The first-order valence-electron chi connectivity index (χ1n) is 11.0. The van der Waals surface area contributed by atoms with Gasteiger partial charge >= 0.3 is 6.03 Å². The zero-order valence-electron chi connectivity index (χ0n) is 18.2. The standard InChI is InChI=1S/C21H40N4O3/c1-5-17-13-25(15-21(3,4)28)18(6-2)12-24(17)14-19(26)23-20(27)22-16-10-8-7-9-11-16/h16-18,28H,5-15H2,1-4H3,(H2,22,23,26,27)/t17-,18-/m0/s1. The van der Waals surface area contributed by atoms with Crippen molar-refractivity contribution in [2.24, 2.45) is 0 Å². The number of nitrogens with zero attached hydrogens (tertiary/aromatic N) is 2. The van der Waals surface area contributed by atoms with E-state index in [9.17, 15) is 14.7 Å². The predicted octanol–water partition coefficient (Wildman–Crippen LogP) is 2.09. The van der Waals surface area contributed by atoms with Crippen molar-refractivity contribution in [1.82, 2.24) is 20.4 Å². The highest BCUT2D eigenvalue weighted by Crippen LogP contribution is 2.22. The van der Waals surface area contributed by atoms with Crippen molar-refractivity contribution < 1.29 is 14.7 Å². The second-order valence-electron chi connectivity index (χ2n) is 9.15. The Morgan fingerprint density at radius 3 is 2.14 bits per heavy atom. The van der Waals surface area contributed by atoms with E-state index in [1.807, 2.05) is 13.8 Å². The molecule has 7 nitrogen and oxygen atoms in total. The van der Waals surface area contributed by atoms with Crippen LogP contribution in [-0.2, 0) is 4.79 Å². The Hall–Kier alpha value is -1.18. The summed E-state index contributed by atoms with van der Waals surface area (Å²) in [6, 6.07) is 0.382. The molecule has 0 bridgehead atoms. The van der Waals surface area contributed by atoms with E-state index in [1.54, 1.807) is 0 Å². The van der Waals surface area contributed by atoms with E-state index in [1.165, 1.54) is 6.42 Å². The number of piperazine rings is 1.